The first-order valence-electron chi connectivity index (χ1n) is 4.94. The van der Waals surface area contributed by atoms with E-state index in [2.05, 4.69) is 42.2 Å². The molecule has 0 saturated heterocycles. The zero-order chi connectivity index (χ0) is 12.3. The number of benzene rings is 1. The molecule has 5 heteroatoms. The molecule has 0 aliphatic carbocycles. The Hall–Kier alpha value is -0.940. The van der Waals surface area contributed by atoms with Gasteiger partial charge in [0.2, 0.25) is 0 Å². The standard InChI is InChI=1S/C12H9Br2FN2/c13-9-1-3-11(15)8(5-9)6-16-12-4-2-10(14)7-17-12/h1-5,7H,6H2,(H,16,17). The Morgan fingerprint density at radius 2 is 1.88 bits per heavy atom. The first-order chi connectivity index (χ1) is 8.15. The summed E-state index contributed by atoms with van der Waals surface area (Å²) < 4.78 is 15.2. The molecule has 0 atom stereocenters. The van der Waals surface area contributed by atoms with Crippen LogP contribution in [-0.2, 0) is 6.54 Å². The Bertz CT molecular complexity index is 514. The summed E-state index contributed by atoms with van der Waals surface area (Å²) in [6.07, 6.45) is 1.69. The molecule has 1 aromatic heterocycles. The molecule has 0 radical (unpaired) electrons. The lowest BCUT2D eigenvalue weighted by atomic mass is 10.2. The van der Waals surface area contributed by atoms with Crippen molar-refractivity contribution in [2.45, 2.75) is 6.54 Å². The van der Waals surface area contributed by atoms with E-state index in [1.165, 1.54) is 6.07 Å². The van der Waals surface area contributed by atoms with E-state index in [0.29, 0.717) is 17.9 Å². The minimum Gasteiger partial charge on any atom is -0.366 e. The number of hydrogen-bond acceptors (Lipinski definition) is 2. The number of aromatic nitrogens is 1. The van der Waals surface area contributed by atoms with Crippen molar-refractivity contribution in [3.8, 4) is 0 Å². The van der Waals surface area contributed by atoms with Gasteiger partial charge in [0.05, 0.1) is 0 Å². The van der Waals surface area contributed by atoms with Crippen molar-refractivity contribution >= 4 is 37.7 Å². The van der Waals surface area contributed by atoms with Gasteiger partial charge in [-0.25, -0.2) is 9.37 Å². The molecule has 2 nitrogen and oxygen atoms in total. The summed E-state index contributed by atoms with van der Waals surface area (Å²) in [5.74, 6) is 0.491. The number of anilines is 1. The van der Waals surface area contributed by atoms with Gasteiger partial charge in [0, 0.05) is 27.3 Å². The largest absolute Gasteiger partial charge is 0.366 e. The Morgan fingerprint density at radius 3 is 2.59 bits per heavy atom. The van der Waals surface area contributed by atoms with Gasteiger partial charge in [0.15, 0.2) is 0 Å². The molecule has 0 saturated carbocycles. The van der Waals surface area contributed by atoms with Crippen LogP contribution in [0.5, 0.6) is 0 Å². The molecule has 0 spiro atoms. The number of pyridine rings is 1. The lowest BCUT2D eigenvalue weighted by Crippen LogP contribution is -2.03. The molecule has 0 fully saturated rings. The van der Waals surface area contributed by atoms with Crippen LogP contribution in [0.4, 0.5) is 10.2 Å². The van der Waals surface area contributed by atoms with Crippen molar-refractivity contribution in [3.63, 3.8) is 0 Å². The number of nitrogens with zero attached hydrogens (tertiary/aromatic N) is 1. The molecule has 0 bridgehead atoms. The highest BCUT2D eigenvalue weighted by molar-refractivity contribution is 9.10. The van der Waals surface area contributed by atoms with Crippen LogP contribution in [0.25, 0.3) is 0 Å². The molecule has 2 aromatic rings. The van der Waals surface area contributed by atoms with Crippen molar-refractivity contribution in [3.05, 3.63) is 56.9 Å². The van der Waals surface area contributed by atoms with Gasteiger partial charge in [-0.1, -0.05) is 15.9 Å². The minimum atomic E-state index is -0.224. The van der Waals surface area contributed by atoms with Gasteiger partial charge in [0.1, 0.15) is 11.6 Å². The molecule has 0 aliphatic rings. The molecule has 0 aliphatic heterocycles. The third-order valence-electron chi connectivity index (χ3n) is 2.20. The summed E-state index contributed by atoms with van der Waals surface area (Å²) >= 11 is 6.62. The van der Waals surface area contributed by atoms with Gasteiger partial charge in [0.25, 0.3) is 0 Å². The predicted octanol–water partition coefficient (Wildman–Crippen LogP) is 4.36. The van der Waals surface area contributed by atoms with Crippen LogP contribution in [0.3, 0.4) is 0 Å². The van der Waals surface area contributed by atoms with Crippen LogP contribution in [-0.4, -0.2) is 4.98 Å². The van der Waals surface area contributed by atoms with Crippen molar-refractivity contribution < 1.29 is 4.39 Å². The van der Waals surface area contributed by atoms with Gasteiger partial charge in [-0.15, -0.1) is 0 Å². The molecule has 2 rings (SSSR count). The molecule has 1 N–H and O–H groups in total. The van der Waals surface area contributed by atoms with Crippen LogP contribution in [0.1, 0.15) is 5.56 Å². The second-order valence-electron chi connectivity index (χ2n) is 3.45. The summed E-state index contributed by atoms with van der Waals surface area (Å²) in [7, 11) is 0. The fourth-order valence-corrected chi connectivity index (χ4v) is 1.99. The Kier molecular flexibility index (Phi) is 4.12. The quantitative estimate of drug-likeness (QED) is 0.880. The Labute approximate surface area is 116 Å². The smallest absolute Gasteiger partial charge is 0.128 e. The molecule has 1 heterocycles. The first-order valence-corrected chi connectivity index (χ1v) is 6.53. The van der Waals surface area contributed by atoms with Crippen LogP contribution in [0.15, 0.2) is 45.5 Å². The van der Waals surface area contributed by atoms with Crippen molar-refractivity contribution in [2.24, 2.45) is 0 Å². The molecule has 88 valence electrons. The number of hydrogen-bond donors (Lipinski definition) is 1. The van der Waals surface area contributed by atoms with Gasteiger partial charge in [-0.3, -0.25) is 0 Å². The lowest BCUT2D eigenvalue weighted by Gasteiger charge is -2.07. The van der Waals surface area contributed by atoms with E-state index in [0.717, 1.165) is 8.95 Å². The Morgan fingerprint density at radius 1 is 1.12 bits per heavy atom. The van der Waals surface area contributed by atoms with Crippen LogP contribution in [0.2, 0.25) is 0 Å². The van der Waals surface area contributed by atoms with Crippen LogP contribution < -0.4 is 5.32 Å². The van der Waals surface area contributed by atoms with E-state index in [1.54, 1.807) is 18.3 Å². The molecule has 1 aromatic carbocycles. The summed E-state index contributed by atoms with van der Waals surface area (Å²) in [6.45, 7) is 0.403. The zero-order valence-electron chi connectivity index (χ0n) is 8.75. The van der Waals surface area contributed by atoms with Gasteiger partial charge in [-0.2, -0.15) is 0 Å². The van der Waals surface area contributed by atoms with E-state index in [1.807, 2.05) is 12.1 Å². The zero-order valence-corrected chi connectivity index (χ0v) is 11.9. The highest BCUT2D eigenvalue weighted by atomic mass is 79.9. The third-order valence-corrected chi connectivity index (χ3v) is 3.16. The molecular weight excluding hydrogens is 351 g/mol. The number of nitrogens with one attached hydrogen (secondary N) is 1. The molecule has 17 heavy (non-hydrogen) atoms. The van der Waals surface area contributed by atoms with Crippen molar-refractivity contribution in [1.29, 1.82) is 0 Å². The van der Waals surface area contributed by atoms with Crippen molar-refractivity contribution in [1.82, 2.24) is 4.98 Å². The average molecular weight is 360 g/mol. The first kappa shape index (κ1) is 12.5. The fourth-order valence-electron chi connectivity index (χ4n) is 1.34. The molecule has 0 unspecified atom stereocenters. The van der Waals surface area contributed by atoms with E-state index >= 15 is 0 Å². The van der Waals surface area contributed by atoms with E-state index in [-0.39, 0.29) is 5.82 Å². The SMILES string of the molecule is Fc1ccc(Br)cc1CNc1ccc(Br)cn1. The highest BCUT2D eigenvalue weighted by Crippen LogP contribution is 2.17. The van der Waals surface area contributed by atoms with E-state index < -0.39 is 0 Å². The number of rotatable bonds is 3. The van der Waals surface area contributed by atoms with Crippen molar-refractivity contribution in [2.75, 3.05) is 5.32 Å². The topological polar surface area (TPSA) is 24.9 Å². The lowest BCUT2D eigenvalue weighted by molar-refractivity contribution is 0.612. The van der Waals surface area contributed by atoms with E-state index in [9.17, 15) is 4.39 Å². The molecular formula is C12H9Br2FN2. The maximum absolute atomic E-state index is 13.4. The second-order valence-corrected chi connectivity index (χ2v) is 5.28. The predicted molar refractivity (Wildman–Crippen MR) is 73.4 cm³/mol. The monoisotopic (exact) mass is 358 g/mol. The summed E-state index contributed by atoms with van der Waals surface area (Å²) in [5, 5.41) is 3.06. The second kappa shape index (κ2) is 5.60. The summed E-state index contributed by atoms with van der Waals surface area (Å²) in [5.41, 5.74) is 0.601. The third kappa shape index (κ3) is 3.51. The summed E-state index contributed by atoms with van der Waals surface area (Å²) in [4.78, 5) is 4.15. The maximum atomic E-state index is 13.4. The minimum absolute atomic E-state index is 0.224. The van der Waals surface area contributed by atoms with Crippen LogP contribution >= 0.6 is 31.9 Å². The molecule has 0 amide bonds. The normalized spacial score (nSPS) is 10.3. The van der Waals surface area contributed by atoms with Gasteiger partial charge < -0.3 is 5.32 Å². The summed E-state index contributed by atoms with van der Waals surface area (Å²) in [6, 6.07) is 8.58. The Balaban J connectivity index is 2.07. The van der Waals surface area contributed by atoms with E-state index in [4.69, 9.17) is 0 Å². The average Bonchev–Trinajstić information content (AvgIpc) is 2.32. The van der Waals surface area contributed by atoms with Gasteiger partial charge in [-0.05, 0) is 46.3 Å². The maximum Gasteiger partial charge on any atom is 0.128 e. The number of halogens is 3. The van der Waals surface area contributed by atoms with Crippen LogP contribution in [0, 0.1) is 5.82 Å². The van der Waals surface area contributed by atoms with Gasteiger partial charge >= 0.3 is 0 Å². The highest BCUT2D eigenvalue weighted by Gasteiger charge is 2.03. The fraction of sp³-hybridized carbons (Fsp3) is 0.0833.